The number of esters is 2. The molecule has 0 aliphatic carbocycles. The first kappa shape index (κ1) is 16.9. The van der Waals surface area contributed by atoms with Crippen molar-refractivity contribution in [3.63, 3.8) is 0 Å². The van der Waals surface area contributed by atoms with Crippen molar-refractivity contribution in [1.82, 2.24) is 0 Å². The molecule has 0 radical (unpaired) electrons. The van der Waals surface area contributed by atoms with Gasteiger partial charge < -0.3 is 14.6 Å². The van der Waals surface area contributed by atoms with Crippen LogP contribution in [0.25, 0.3) is 0 Å². The van der Waals surface area contributed by atoms with Crippen molar-refractivity contribution in [3.8, 4) is 0 Å². The standard InChI is InChI=1S/C16H20O5/c1-20-14(18)16(15(19)21-2,10-6-7-11-17)12-13-8-4-3-5-9-13/h3-9,17H,10-12H2,1-2H3/b7-6-. The molecule has 21 heavy (non-hydrogen) atoms. The van der Waals surface area contributed by atoms with Crippen LogP contribution in [-0.4, -0.2) is 37.9 Å². The molecule has 0 fully saturated rings. The Bertz CT molecular complexity index is 477. The fourth-order valence-electron chi connectivity index (χ4n) is 2.16. The van der Waals surface area contributed by atoms with E-state index in [0.717, 1.165) is 5.56 Å². The minimum atomic E-state index is -1.45. The lowest BCUT2D eigenvalue weighted by molar-refractivity contribution is -0.168. The van der Waals surface area contributed by atoms with Crippen LogP contribution in [0.3, 0.4) is 0 Å². The Hall–Kier alpha value is -2.14. The second kappa shape index (κ2) is 8.21. The van der Waals surface area contributed by atoms with Crippen molar-refractivity contribution in [2.75, 3.05) is 20.8 Å². The smallest absolute Gasteiger partial charge is 0.323 e. The van der Waals surface area contributed by atoms with Crippen molar-refractivity contribution >= 4 is 11.9 Å². The Morgan fingerprint density at radius 1 is 1.10 bits per heavy atom. The summed E-state index contributed by atoms with van der Waals surface area (Å²) < 4.78 is 9.61. The fraction of sp³-hybridized carbons (Fsp3) is 0.375. The summed E-state index contributed by atoms with van der Waals surface area (Å²) in [4.78, 5) is 24.4. The zero-order valence-electron chi connectivity index (χ0n) is 12.2. The van der Waals surface area contributed by atoms with Gasteiger partial charge in [-0.15, -0.1) is 0 Å². The maximum absolute atomic E-state index is 12.2. The molecule has 0 aliphatic rings. The normalized spacial score (nSPS) is 11.4. The van der Waals surface area contributed by atoms with E-state index >= 15 is 0 Å². The molecule has 0 aliphatic heterocycles. The molecule has 1 N–H and O–H groups in total. The first-order chi connectivity index (χ1) is 10.1. The minimum absolute atomic E-state index is 0.0990. The predicted octanol–water partition coefficient (Wildman–Crippen LogP) is 1.50. The highest BCUT2D eigenvalue weighted by Gasteiger charge is 2.47. The van der Waals surface area contributed by atoms with Crippen molar-refractivity contribution in [3.05, 3.63) is 48.0 Å². The predicted molar refractivity (Wildman–Crippen MR) is 77.5 cm³/mol. The highest BCUT2D eigenvalue weighted by molar-refractivity contribution is 6.00. The van der Waals surface area contributed by atoms with Gasteiger partial charge in [-0.2, -0.15) is 0 Å². The average Bonchev–Trinajstić information content (AvgIpc) is 2.53. The van der Waals surface area contributed by atoms with E-state index in [-0.39, 0.29) is 19.4 Å². The fourth-order valence-corrected chi connectivity index (χ4v) is 2.16. The van der Waals surface area contributed by atoms with Crippen LogP contribution in [0.2, 0.25) is 0 Å². The molecule has 0 aromatic heterocycles. The average molecular weight is 292 g/mol. The van der Waals surface area contributed by atoms with Crippen LogP contribution >= 0.6 is 0 Å². The second-order valence-electron chi connectivity index (χ2n) is 4.59. The zero-order chi connectivity index (χ0) is 15.7. The molecule has 114 valence electrons. The third-order valence-electron chi connectivity index (χ3n) is 3.24. The summed E-state index contributed by atoms with van der Waals surface area (Å²) in [6.07, 6.45) is 3.33. The molecule has 1 aromatic carbocycles. The number of benzene rings is 1. The molecule has 5 nitrogen and oxygen atoms in total. The summed E-state index contributed by atoms with van der Waals surface area (Å²) in [5.74, 6) is -1.30. The van der Waals surface area contributed by atoms with Crippen molar-refractivity contribution < 1.29 is 24.2 Å². The minimum Gasteiger partial charge on any atom is -0.468 e. The zero-order valence-corrected chi connectivity index (χ0v) is 12.2. The van der Waals surface area contributed by atoms with Gasteiger partial charge >= 0.3 is 11.9 Å². The van der Waals surface area contributed by atoms with Gasteiger partial charge in [0.1, 0.15) is 0 Å². The summed E-state index contributed by atoms with van der Waals surface area (Å²) in [7, 11) is 2.47. The number of ether oxygens (including phenoxy) is 2. The van der Waals surface area contributed by atoms with E-state index in [2.05, 4.69) is 0 Å². The summed E-state index contributed by atoms with van der Waals surface area (Å²) in [5.41, 5.74) is -0.623. The Kier molecular flexibility index (Phi) is 6.62. The maximum Gasteiger partial charge on any atom is 0.323 e. The Balaban J connectivity index is 3.18. The lowest BCUT2D eigenvalue weighted by Gasteiger charge is -2.27. The van der Waals surface area contributed by atoms with Crippen LogP contribution in [0.5, 0.6) is 0 Å². The second-order valence-corrected chi connectivity index (χ2v) is 4.59. The van der Waals surface area contributed by atoms with Gasteiger partial charge in [-0.1, -0.05) is 42.5 Å². The molecule has 5 heteroatoms. The van der Waals surface area contributed by atoms with E-state index in [9.17, 15) is 9.59 Å². The summed E-state index contributed by atoms with van der Waals surface area (Å²) in [6.45, 7) is -0.163. The number of carbonyl (C=O) groups is 2. The van der Waals surface area contributed by atoms with E-state index < -0.39 is 17.4 Å². The molecular formula is C16H20O5. The van der Waals surface area contributed by atoms with Crippen molar-refractivity contribution in [2.45, 2.75) is 12.8 Å². The molecule has 0 saturated heterocycles. The van der Waals surface area contributed by atoms with Crippen LogP contribution in [-0.2, 0) is 25.5 Å². The van der Waals surface area contributed by atoms with Crippen LogP contribution in [0.15, 0.2) is 42.5 Å². The van der Waals surface area contributed by atoms with Gasteiger partial charge in [0, 0.05) is 0 Å². The topological polar surface area (TPSA) is 72.8 Å². The van der Waals surface area contributed by atoms with Gasteiger partial charge in [0.25, 0.3) is 0 Å². The lowest BCUT2D eigenvalue weighted by atomic mass is 9.78. The summed E-state index contributed by atoms with van der Waals surface area (Å²) in [5, 5.41) is 8.83. The number of carbonyl (C=O) groups excluding carboxylic acids is 2. The number of aliphatic hydroxyl groups excluding tert-OH is 1. The van der Waals surface area contributed by atoms with Gasteiger partial charge in [0.05, 0.1) is 20.8 Å². The Morgan fingerprint density at radius 2 is 1.67 bits per heavy atom. The van der Waals surface area contributed by atoms with Gasteiger partial charge in [0.2, 0.25) is 0 Å². The van der Waals surface area contributed by atoms with Crippen molar-refractivity contribution in [2.24, 2.45) is 5.41 Å². The van der Waals surface area contributed by atoms with E-state index in [1.807, 2.05) is 30.3 Å². The molecule has 0 saturated carbocycles. The van der Waals surface area contributed by atoms with E-state index in [0.29, 0.717) is 0 Å². The first-order valence-corrected chi connectivity index (χ1v) is 6.57. The molecule has 0 atom stereocenters. The van der Waals surface area contributed by atoms with Gasteiger partial charge in [-0.05, 0) is 18.4 Å². The third kappa shape index (κ3) is 4.16. The van der Waals surface area contributed by atoms with Crippen LogP contribution < -0.4 is 0 Å². The van der Waals surface area contributed by atoms with E-state index in [1.165, 1.54) is 20.3 Å². The highest BCUT2D eigenvalue weighted by atomic mass is 16.5. The van der Waals surface area contributed by atoms with Crippen LogP contribution in [0, 0.1) is 5.41 Å². The van der Waals surface area contributed by atoms with Crippen LogP contribution in [0.1, 0.15) is 12.0 Å². The number of hydrogen-bond donors (Lipinski definition) is 1. The maximum atomic E-state index is 12.2. The third-order valence-corrected chi connectivity index (χ3v) is 3.24. The lowest BCUT2D eigenvalue weighted by Crippen LogP contribution is -2.43. The number of methoxy groups -OCH3 is 2. The van der Waals surface area contributed by atoms with Gasteiger partial charge in [-0.3, -0.25) is 9.59 Å². The molecule has 0 heterocycles. The van der Waals surface area contributed by atoms with Crippen LogP contribution in [0.4, 0.5) is 0 Å². The van der Waals surface area contributed by atoms with Gasteiger partial charge in [-0.25, -0.2) is 0 Å². The van der Waals surface area contributed by atoms with E-state index in [4.69, 9.17) is 14.6 Å². The SMILES string of the molecule is COC(=O)C(C/C=C\CO)(Cc1ccccc1)C(=O)OC. The number of allylic oxidation sites excluding steroid dienone is 1. The Labute approximate surface area is 124 Å². The molecular weight excluding hydrogens is 272 g/mol. The Morgan fingerprint density at radius 3 is 2.14 bits per heavy atom. The molecule has 0 unspecified atom stereocenters. The molecule has 0 bridgehead atoms. The van der Waals surface area contributed by atoms with Crippen molar-refractivity contribution in [1.29, 1.82) is 0 Å². The molecule has 1 rings (SSSR count). The number of hydrogen-bond acceptors (Lipinski definition) is 5. The summed E-state index contributed by atoms with van der Waals surface area (Å²) >= 11 is 0. The first-order valence-electron chi connectivity index (χ1n) is 6.57. The molecule has 0 amide bonds. The highest BCUT2D eigenvalue weighted by Crippen LogP contribution is 2.31. The monoisotopic (exact) mass is 292 g/mol. The molecule has 1 aromatic rings. The van der Waals surface area contributed by atoms with E-state index in [1.54, 1.807) is 6.08 Å². The largest absolute Gasteiger partial charge is 0.468 e. The number of aliphatic hydroxyl groups is 1. The molecule has 0 spiro atoms. The summed E-state index contributed by atoms with van der Waals surface area (Å²) in [6, 6.07) is 9.18. The number of rotatable bonds is 7. The quantitative estimate of drug-likeness (QED) is 0.468. The van der Waals surface area contributed by atoms with Gasteiger partial charge in [0.15, 0.2) is 5.41 Å².